The standard InChI is InChI=1S/C19H22FN5O/c1-13(2)11-23-17(26)7-8-22-19-18(14-3-5-15(20)6-4-14)24-16-12-21-9-10-25(16)19/h3-6,9-10,12-13,22H,7-8,11H2,1-2H3,(H,23,26). The molecule has 2 N–H and O–H groups in total. The summed E-state index contributed by atoms with van der Waals surface area (Å²) in [6.07, 6.45) is 5.49. The minimum atomic E-state index is -0.296. The highest BCUT2D eigenvalue weighted by Crippen LogP contribution is 2.28. The monoisotopic (exact) mass is 355 g/mol. The SMILES string of the molecule is CC(C)CNC(=O)CCNc1c(-c2ccc(F)cc2)nc2cnccn12. The summed E-state index contributed by atoms with van der Waals surface area (Å²) in [6.45, 7) is 5.25. The molecule has 2 heterocycles. The van der Waals surface area contributed by atoms with Gasteiger partial charge in [0.25, 0.3) is 0 Å². The van der Waals surface area contributed by atoms with E-state index in [-0.39, 0.29) is 11.7 Å². The molecule has 0 bridgehead atoms. The number of imidazole rings is 1. The Labute approximate surface area is 151 Å². The van der Waals surface area contributed by atoms with E-state index in [2.05, 4.69) is 34.4 Å². The molecule has 26 heavy (non-hydrogen) atoms. The summed E-state index contributed by atoms with van der Waals surface area (Å²) < 4.78 is 15.1. The molecule has 0 radical (unpaired) electrons. The van der Waals surface area contributed by atoms with Crippen molar-refractivity contribution < 1.29 is 9.18 Å². The Morgan fingerprint density at radius 3 is 2.77 bits per heavy atom. The minimum Gasteiger partial charge on any atom is -0.369 e. The van der Waals surface area contributed by atoms with Crippen molar-refractivity contribution in [3.8, 4) is 11.3 Å². The number of benzene rings is 1. The maximum Gasteiger partial charge on any atom is 0.221 e. The molecule has 0 aliphatic heterocycles. The van der Waals surface area contributed by atoms with Gasteiger partial charge in [0.1, 0.15) is 17.3 Å². The average molecular weight is 355 g/mol. The molecular formula is C19H22FN5O. The third kappa shape index (κ3) is 4.17. The van der Waals surface area contributed by atoms with Gasteiger partial charge in [0.15, 0.2) is 5.65 Å². The molecule has 3 aromatic rings. The lowest BCUT2D eigenvalue weighted by Gasteiger charge is -2.10. The molecule has 136 valence electrons. The number of aromatic nitrogens is 3. The van der Waals surface area contributed by atoms with Crippen molar-refractivity contribution in [3.05, 3.63) is 48.7 Å². The second kappa shape index (κ2) is 7.95. The van der Waals surface area contributed by atoms with Crippen LogP contribution in [0.25, 0.3) is 16.9 Å². The number of hydrogen-bond donors (Lipinski definition) is 2. The molecule has 0 fully saturated rings. The van der Waals surface area contributed by atoms with Crippen LogP contribution in [-0.2, 0) is 4.79 Å². The lowest BCUT2D eigenvalue weighted by atomic mass is 10.1. The van der Waals surface area contributed by atoms with Gasteiger partial charge in [-0.15, -0.1) is 0 Å². The number of amides is 1. The zero-order valence-corrected chi connectivity index (χ0v) is 14.9. The second-order valence-corrected chi connectivity index (χ2v) is 6.50. The summed E-state index contributed by atoms with van der Waals surface area (Å²) in [5.41, 5.74) is 2.17. The first-order valence-electron chi connectivity index (χ1n) is 8.63. The van der Waals surface area contributed by atoms with E-state index < -0.39 is 0 Å². The summed E-state index contributed by atoms with van der Waals surface area (Å²) in [5.74, 6) is 0.884. The maximum atomic E-state index is 13.2. The zero-order valence-electron chi connectivity index (χ0n) is 14.9. The summed E-state index contributed by atoms with van der Waals surface area (Å²) in [7, 11) is 0. The number of rotatable bonds is 7. The first-order chi connectivity index (χ1) is 12.5. The van der Waals surface area contributed by atoms with E-state index in [0.29, 0.717) is 36.8 Å². The number of nitrogens with zero attached hydrogens (tertiary/aromatic N) is 3. The van der Waals surface area contributed by atoms with Gasteiger partial charge in [-0.3, -0.25) is 14.2 Å². The van der Waals surface area contributed by atoms with E-state index in [1.165, 1.54) is 12.1 Å². The van der Waals surface area contributed by atoms with Crippen LogP contribution in [0.1, 0.15) is 20.3 Å². The van der Waals surface area contributed by atoms with Crippen molar-refractivity contribution >= 4 is 17.4 Å². The zero-order chi connectivity index (χ0) is 18.5. The van der Waals surface area contributed by atoms with Crippen LogP contribution in [0.5, 0.6) is 0 Å². The Morgan fingerprint density at radius 2 is 2.04 bits per heavy atom. The van der Waals surface area contributed by atoms with Crippen molar-refractivity contribution in [2.24, 2.45) is 5.92 Å². The second-order valence-electron chi connectivity index (χ2n) is 6.50. The van der Waals surface area contributed by atoms with E-state index in [0.717, 1.165) is 11.4 Å². The Morgan fingerprint density at radius 1 is 1.27 bits per heavy atom. The number of hydrogen-bond acceptors (Lipinski definition) is 4. The number of nitrogens with one attached hydrogen (secondary N) is 2. The van der Waals surface area contributed by atoms with Crippen molar-refractivity contribution in [1.29, 1.82) is 0 Å². The summed E-state index contributed by atoms with van der Waals surface area (Å²) in [4.78, 5) is 20.6. The molecule has 0 aliphatic rings. The first-order valence-corrected chi connectivity index (χ1v) is 8.63. The molecule has 0 unspecified atom stereocenters. The van der Waals surface area contributed by atoms with Crippen LogP contribution in [0.4, 0.5) is 10.2 Å². The van der Waals surface area contributed by atoms with Gasteiger partial charge in [-0.05, 0) is 30.2 Å². The van der Waals surface area contributed by atoms with Crippen LogP contribution in [0.15, 0.2) is 42.9 Å². The minimum absolute atomic E-state index is 0.00465. The Kier molecular flexibility index (Phi) is 5.46. The molecule has 3 rings (SSSR count). The molecule has 6 nitrogen and oxygen atoms in total. The average Bonchev–Trinajstić information content (AvgIpc) is 2.99. The van der Waals surface area contributed by atoms with Crippen molar-refractivity contribution in [2.45, 2.75) is 20.3 Å². The van der Waals surface area contributed by atoms with E-state index in [1.807, 2.05) is 4.40 Å². The molecule has 0 spiro atoms. The van der Waals surface area contributed by atoms with Crippen LogP contribution in [-0.4, -0.2) is 33.4 Å². The van der Waals surface area contributed by atoms with Gasteiger partial charge in [0.2, 0.25) is 5.91 Å². The van der Waals surface area contributed by atoms with Gasteiger partial charge >= 0.3 is 0 Å². The number of carbonyl (C=O) groups is 1. The summed E-state index contributed by atoms with van der Waals surface area (Å²) >= 11 is 0. The molecule has 1 amide bonds. The Hall–Kier alpha value is -2.96. The van der Waals surface area contributed by atoms with Gasteiger partial charge in [0.05, 0.1) is 6.20 Å². The lowest BCUT2D eigenvalue weighted by molar-refractivity contribution is -0.120. The number of carbonyl (C=O) groups excluding carboxylic acids is 1. The fourth-order valence-corrected chi connectivity index (χ4v) is 2.59. The largest absolute Gasteiger partial charge is 0.369 e. The number of halogens is 1. The van der Waals surface area contributed by atoms with Crippen LogP contribution in [0, 0.1) is 11.7 Å². The summed E-state index contributed by atoms with van der Waals surface area (Å²) in [5, 5.41) is 6.18. The third-order valence-corrected chi connectivity index (χ3v) is 3.90. The van der Waals surface area contributed by atoms with Gasteiger partial charge in [-0.1, -0.05) is 13.8 Å². The fourth-order valence-electron chi connectivity index (χ4n) is 2.59. The van der Waals surface area contributed by atoms with Crippen LogP contribution in [0.2, 0.25) is 0 Å². The summed E-state index contributed by atoms with van der Waals surface area (Å²) in [6, 6.07) is 6.18. The van der Waals surface area contributed by atoms with Crippen molar-refractivity contribution in [2.75, 3.05) is 18.4 Å². The van der Waals surface area contributed by atoms with E-state index in [9.17, 15) is 9.18 Å². The van der Waals surface area contributed by atoms with E-state index >= 15 is 0 Å². The first kappa shape index (κ1) is 17.8. The molecule has 2 aromatic heterocycles. The van der Waals surface area contributed by atoms with Crippen LogP contribution < -0.4 is 10.6 Å². The fraction of sp³-hybridized carbons (Fsp3) is 0.316. The van der Waals surface area contributed by atoms with Crippen molar-refractivity contribution in [3.63, 3.8) is 0 Å². The Balaban J connectivity index is 1.79. The highest BCUT2D eigenvalue weighted by molar-refractivity contribution is 5.78. The smallest absolute Gasteiger partial charge is 0.221 e. The maximum absolute atomic E-state index is 13.2. The molecule has 0 saturated carbocycles. The number of fused-ring (bicyclic) bond motifs is 1. The van der Waals surface area contributed by atoms with Gasteiger partial charge in [-0.25, -0.2) is 9.37 Å². The van der Waals surface area contributed by atoms with Crippen LogP contribution >= 0.6 is 0 Å². The molecule has 0 saturated heterocycles. The van der Waals surface area contributed by atoms with Gasteiger partial charge < -0.3 is 10.6 Å². The number of anilines is 1. The Bertz CT molecular complexity index is 889. The van der Waals surface area contributed by atoms with Gasteiger partial charge in [-0.2, -0.15) is 0 Å². The van der Waals surface area contributed by atoms with E-state index in [4.69, 9.17) is 0 Å². The lowest BCUT2D eigenvalue weighted by Crippen LogP contribution is -2.28. The van der Waals surface area contributed by atoms with E-state index in [1.54, 1.807) is 30.7 Å². The topological polar surface area (TPSA) is 71.3 Å². The molecule has 7 heteroatoms. The predicted molar refractivity (Wildman–Crippen MR) is 99.3 cm³/mol. The quantitative estimate of drug-likeness (QED) is 0.683. The predicted octanol–water partition coefficient (Wildman–Crippen LogP) is 3.11. The normalized spacial score (nSPS) is 11.1. The molecular weight excluding hydrogens is 333 g/mol. The highest BCUT2D eigenvalue weighted by atomic mass is 19.1. The highest BCUT2D eigenvalue weighted by Gasteiger charge is 2.14. The molecule has 0 aliphatic carbocycles. The van der Waals surface area contributed by atoms with Gasteiger partial charge in [0, 0.05) is 37.5 Å². The molecule has 0 atom stereocenters. The molecule has 1 aromatic carbocycles. The van der Waals surface area contributed by atoms with Crippen molar-refractivity contribution in [1.82, 2.24) is 19.7 Å². The third-order valence-electron chi connectivity index (χ3n) is 3.90. The van der Waals surface area contributed by atoms with Crippen LogP contribution in [0.3, 0.4) is 0 Å².